The molecule has 0 radical (unpaired) electrons. The largest absolute Gasteiger partial charge is 0.481 e. The predicted octanol–water partition coefficient (Wildman–Crippen LogP) is 2.82. The molecule has 5 nitrogen and oxygen atoms in total. The molecular formula is C15H16N2O3S2. The highest BCUT2D eigenvalue weighted by Gasteiger charge is 2.09. The zero-order valence-corrected chi connectivity index (χ0v) is 13.5. The van der Waals surface area contributed by atoms with Crippen LogP contribution in [-0.4, -0.2) is 40.0 Å². The van der Waals surface area contributed by atoms with E-state index < -0.39 is 5.97 Å². The molecule has 2 N–H and O–H groups in total. The molecule has 1 aromatic carbocycles. The summed E-state index contributed by atoms with van der Waals surface area (Å²) in [6.07, 6.45) is 3.47. The van der Waals surface area contributed by atoms with Crippen molar-refractivity contribution in [3.05, 3.63) is 42.2 Å². The Balaban J connectivity index is 1.78. The Bertz CT molecular complexity index is 659. The Morgan fingerprint density at radius 1 is 1.14 bits per heavy atom. The van der Waals surface area contributed by atoms with Gasteiger partial charge in [0, 0.05) is 35.8 Å². The van der Waals surface area contributed by atoms with Gasteiger partial charge in [-0.05, 0) is 5.39 Å². The minimum atomic E-state index is -0.787. The second-order valence-electron chi connectivity index (χ2n) is 4.45. The van der Waals surface area contributed by atoms with Crippen LogP contribution < -0.4 is 5.32 Å². The fourth-order valence-electron chi connectivity index (χ4n) is 1.85. The van der Waals surface area contributed by atoms with Crippen LogP contribution in [0.1, 0.15) is 16.8 Å². The first kappa shape index (κ1) is 16.6. The Morgan fingerprint density at radius 3 is 2.73 bits per heavy atom. The van der Waals surface area contributed by atoms with Crippen molar-refractivity contribution < 1.29 is 14.7 Å². The van der Waals surface area contributed by atoms with E-state index in [-0.39, 0.29) is 12.3 Å². The molecule has 0 aliphatic carbocycles. The number of nitrogens with zero attached hydrogens (tertiary/aromatic N) is 1. The summed E-state index contributed by atoms with van der Waals surface area (Å²) >= 11 is 0. The molecule has 22 heavy (non-hydrogen) atoms. The second kappa shape index (κ2) is 8.65. The predicted molar refractivity (Wildman–Crippen MR) is 91.2 cm³/mol. The molecule has 0 spiro atoms. The lowest BCUT2D eigenvalue weighted by Gasteiger charge is -2.07. The molecule has 0 saturated carbocycles. The highest BCUT2D eigenvalue weighted by Crippen LogP contribution is 2.21. The maximum atomic E-state index is 12.2. The summed E-state index contributed by atoms with van der Waals surface area (Å²) in [6, 6.07) is 7.64. The molecule has 0 aliphatic heterocycles. The normalized spacial score (nSPS) is 10.5. The van der Waals surface area contributed by atoms with Gasteiger partial charge in [0.2, 0.25) is 0 Å². The van der Waals surface area contributed by atoms with Gasteiger partial charge in [-0.2, -0.15) is 0 Å². The van der Waals surface area contributed by atoms with Crippen molar-refractivity contribution in [1.29, 1.82) is 0 Å². The van der Waals surface area contributed by atoms with Crippen LogP contribution in [0, 0.1) is 0 Å². The van der Waals surface area contributed by atoms with E-state index in [2.05, 4.69) is 10.3 Å². The maximum absolute atomic E-state index is 12.2. The van der Waals surface area contributed by atoms with E-state index in [1.807, 2.05) is 24.3 Å². The highest BCUT2D eigenvalue weighted by atomic mass is 33.1. The second-order valence-corrected chi connectivity index (χ2v) is 7.15. The molecule has 0 fully saturated rings. The summed E-state index contributed by atoms with van der Waals surface area (Å²) in [5, 5.41) is 13.2. The third-order valence-electron chi connectivity index (χ3n) is 2.87. The molecular weight excluding hydrogens is 320 g/mol. The number of aromatic nitrogens is 1. The van der Waals surface area contributed by atoms with Gasteiger partial charge in [-0.25, -0.2) is 0 Å². The van der Waals surface area contributed by atoms with Crippen molar-refractivity contribution in [3.8, 4) is 0 Å². The van der Waals surface area contributed by atoms with Crippen LogP contribution in [0.25, 0.3) is 10.8 Å². The Kier molecular flexibility index (Phi) is 6.54. The molecule has 1 heterocycles. The van der Waals surface area contributed by atoms with E-state index in [4.69, 9.17) is 5.11 Å². The van der Waals surface area contributed by atoms with Crippen LogP contribution in [-0.2, 0) is 4.79 Å². The molecule has 116 valence electrons. The zero-order valence-electron chi connectivity index (χ0n) is 11.8. The number of carbonyl (C=O) groups excluding carboxylic acids is 1. The number of hydrogen-bond donors (Lipinski definition) is 2. The van der Waals surface area contributed by atoms with Crippen molar-refractivity contribution in [1.82, 2.24) is 10.3 Å². The summed E-state index contributed by atoms with van der Waals surface area (Å²) < 4.78 is 0. The van der Waals surface area contributed by atoms with Crippen LogP contribution >= 0.6 is 21.6 Å². The average Bonchev–Trinajstić information content (AvgIpc) is 2.53. The van der Waals surface area contributed by atoms with Crippen molar-refractivity contribution in [3.63, 3.8) is 0 Å². The molecule has 0 aliphatic rings. The van der Waals surface area contributed by atoms with Gasteiger partial charge in [0.05, 0.1) is 12.0 Å². The summed E-state index contributed by atoms with van der Waals surface area (Å²) in [5.74, 6) is 0.375. The molecule has 2 rings (SSSR count). The lowest BCUT2D eigenvalue weighted by atomic mass is 10.1. The number of nitrogens with one attached hydrogen (secondary N) is 1. The molecule has 7 heteroatoms. The number of fused-ring (bicyclic) bond motifs is 1. The summed E-state index contributed by atoms with van der Waals surface area (Å²) in [6.45, 7) is 0.535. The number of rotatable bonds is 8. The van der Waals surface area contributed by atoms with Crippen LogP contribution in [0.4, 0.5) is 0 Å². The van der Waals surface area contributed by atoms with Gasteiger partial charge in [0.1, 0.15) is 0 Å². The number of carboxylic acids is 1. The van der Waals surface area contributed by atoms with E-state index in [1.54, 1.807) is 23.2 Å². The number of benzene rings is 1. The third-order valence-corrected chi connectivity index (χ3v) is 5.27. The van der Waals surface area contributed by atoms with Gasteiger partial charge >= 0.3 is 5.97 Å². The summed E-state index contributed by atoms with van der Waals surface area (Å²) in [7, 11) is 3.06. The molecule has 2 aromatic rings. The number of pyridine rings is 1. The van der Waals surface area contributed by atoms with Crippen LogP contribution in [0.15, 0.2) is 36.7 Å². The number of amides is 1. The lowest BCUT2D eigenvalue weighted by molar-refractivity contribution is -0.136. The smallest absolute Gasteiger partial charge is 0.304 e. The first-order valence-corrected chi connectivity index (χ1v) is 9.24. The molecule has 0 bridgehead atoms. The van der Waals surface area contributed by atoms with E-state index in [1.165, 1.54) is 10.8 Å². The highest BCUT2D eigenvalue weighted by molar-refractivity contribution is 8.76. The molecule has 0 saturated heterocycles. The fourth-order valence-corrected chi connectivity index (χ4v) is 3.73. The van der Waals surface area contributed by atoms with Crippen molar-refractivity contribution in [2.24, 2.45) is 0 Å². The monoisotopic (exact) mass is 336 g/mol. The first-order valence-electron chi connectivity index (χ1n) is 6.75. The number of hydrogen-bond acceptors (Lipinski definition) is 5. The molecule has 0 atom stereocenters. The third kappa shape index (κ3) is 4.92. The Labute approximate surface area is 136 Å². The quantitative estimate of drug-likeness (QED) is 0.570. The summed E-state index contributed by atoms with van der Waals surface area (Å²) in [5.41, 5.74) is 0.571. The molecule has 1 aromatic heterocycles. The molecule has 0 unspecified atom stereocenters. The Morgan fingerprint density at radius 2 is 1.91 bits per heavy atom. The van der Waals surface area contributed by atoms with E-state index in [0.717, 1.165) is 16.5 Å². The van der Waals surface area contributed by atoms with Gasteiger partial charge in [0.15, 0.2) is 0 Å². The Hall–Kier alpha value is -1.73. The zero-order chi connectivity index (χ0) is 15.8. The minimum Gasteiger partial charge on any atom is -0.481 e. The van der Waals surface area contributed by atoms with E-state index >= 15 is 0 Å². The fraction of sp³-hybridized carbons (Fsp3) is 0.267. The van der Waals surface area contributed by atoms with Gasteiger partial charge in [-0.3, -0.25) is 14.6 Å². The standard InChI is InChI=1S/C15H16N2O3S2/c18-14(19)5-7-21-22-8-6-17-15(20)13-10-16-9-11-3-1-2-4-12(11)13/h1-4,9-10H,5-8H2,(H,17,20)(H,18,19). The first-order chi connectivity index (χ1) is 10.7. The molecule has 1 amide bonds. The van der Waals surface area contributed by atoms with Gasteiger partial charge < -0.3 is 10.4 Å². The number of carboxylic acid groups (broad SMARTS) is 1. The van der Waals surface area contributed by atoms with Crippen molar-refractivity contribution in [2.75, 3.05) is 18.1 Å². The average molecular weight is 336 g/mol. The lowest BCUT2D eigenvalue weighted by Crippen LogP contribution is -2.25. The minimum absolute atomic E-state index is 0.138. The van der Waals surface area contributed by atoms with E-state index in [0.29, 0.717) is 17.9 Å². The van der Waals surface area contributed by atoms with Gasteiger partial charge in [0.25, 0.3) is 5.91 Å². The topological polar surface area (TPSA) is 79.3 Å². The summed E-state index contributed by atoms with van der Waals surface area (Å²) in [4.78, 5) is 26.6. The van der Waals surface area contributed by atoms with Crippen molar-refractivity contribution >= 4 is 44.2 Å². The van der Waals surface area contributed by atoms with Gasteiger partial charge in [-0.15, -0.1) is 0 Å². The number of aliphatic carboxylic acids is 1. The maximum Gasteiger partial charge on any atom is 0.304 e. The number of carbonyl (C=O) groups is 2. The SMILES string of the molecule is O=C(O)CCSSCCNC(=O)c1cncc2ccccc12. The van der Waals surface area contributed by atoms with Crippen LogP contribution in [0.5, 0.6) is 0 Å². The van der Waals surface area contributed by atoms with E-state index in [9.17, 15) is 9.59 Å². The van der Waals surface area contributed by atoms with Gasteiger partial charge in [-0.1, -0.05) is 45.9 Å². The van der Waals surface area contributed by atoms with Crippen molar-refractivity contribution in [2.45, 2.75) is 6.42 Å². The van der Waals surface area contributed by atoms with Crippen LogP contribution in [0.3, 0.4) is 0 Å². The van der Waals surface area contributed by atoms with Crippen LogP contribution in [0.2, 0.25) is 0 Å².